The van der Waals surface area contributed by atoms with E-state index in [0.29, 0.717) is 23.1 Å². The van der Waals surface area contributed by atoms with Gasteiger partial charge in [-0.1, -0.05) is 11.6 Å². The molecule has 1 aromatic carbocycles. The molecule has 1 heterocycles. The Hall–Kier alpha value is -1.94. The molecule has 0 saturated heterocycles. The van der Waals surface area contributed by atoms with Gasteiger partial charge in [0, 0.05) is 22.3 Å². The second-order valence-electron chi connectivity index (χ2n) is 4.52. The van der Waals surface area contributed by atoms with Gasteiger partial charge in [-0.15, -0.1) is 0 Å². The lowest BCUT2D eigenvalue weighted by Gasteiger charge is -2.13. The average Bonchev–Trinajstić information content (AvgIpc) is 2.40. The zero-order valence-corrected chi connectivity index (χ0v) is 12.5. The van der Waals surface area contributed by atoms with Gasteiger partial charge in [0.2, 0.25) is 0 Å². The van der Waals surface area contributed by atoms with Crippen molar-refractivity contribution in [1.29, 1.82) is 0 Å². The molecule has 106 valence electrons. The third-order valence-corrected chi connectivity index (χ3v) is 3.32. The van der Waals surface area contributed by atoms with E-state index >= 15 is 0 Å². The van der Waals surface area contributed by atoms with Gasteiger partial charge in [-0.25, -0.2) is 0 Å². The van der Waals surface area contributed by atoms with Gasteiger partial charge in [-0.05, 0) is 32.0 Å². The zero-order valence-electron chi connectivity index (χ0n) is 11.7. The number of benzene rings is 1. The first-order chi connectivity index (χ1) is 9.52. The van der Waals surface area contributed by atoms with Crippen molar-refractivity contribution in [2.75, 3.05) is 12.8 Å². The molecule has 5 heteroatoms. The van der Waals surface area contributed by atoms with Crippen molar-refractivity contribution in [1.82, 2.24) is 4.98 Å². The fraction of sp³-hybridized carbons (Fsp3) is 0.267. The molecular formula is C15H17ClN2O2. The Bertz CT molecular complexity index is 630. The van der Waals surface area contributed by atoms with Crippen molar-refractivity contribution in [3.8, 4) is 11.5 Å². The molecule has 0 bridgehead atoms. The molecule has 2 rings (SSSR count). The lowest BCUT2D eigenvalue weighted by Crippen LogP contribution is -2.05. The van der Waals surface area contributed by atoms with Crippen molar-refractivity contribution in [3.63, 3.8) is 0 Å². The summed E-state index contributed by atoms with van der Waals surface area (Å²) in [6, 6.07) is 5.15. The normalized spacial score (nSPS) is 10.4. The van der Waals surface area contributed by atoms with Crippen LogP contribution in [0.4, 0.5) is 5.69 Å². The van der Waals surface area contributed by atoms with Gasteiger partial charge in [0.15, 0.2) is 0 Å². The number of methoxy groups -OCH3 is 1. The Morgan fingerprint density at radius 2 is 2.05 bits per heavy atom. The van der Waals surface area contributed by atoms with E-state index in [4.69, 9.17) is 26.8 Å². The van der Waals surface area contributed by atoms with E-state index in [2.05, 4.69) is 4.98 Å². The number of nitrogens with two attached hydrogens (primary N) is 1. The standard InChI is InChI=1S/C15H17ClN2O2/c1-9-7-18-13(10(2)15(9)19-3)8-20-14-5-4-11(16)6-12(14)17/h4-7H,8,17H2,1-3H3. The zero-order chi connectivity index (χ0) is 14.7. The van der Waals surface area contributed by atoms with Gasteiger partial charge in [0.25, 0.3) is 0 Å². The van der Waals surface area contributed by atoms with Crippen LogP contribution in [0.1, 0.15) is 16.8 Å². The summed E-state index contributed by atoms with van der Waals surface area (Å²) in [6.07, 6.45) is 1.77. The summed E-state index contributed by atoms with van der Waals surface area (Å²) in [6.45, 7) is 4.25. The number of aromatic nitrogens is 1. The molecule has 0 aliphatic heterocycles. The van der Waals surface area contributed by atoms with Crippen LogP contribution in [-0.2, 0) is 6.61 Å². The maximum Gasteiger partial charge on any atom is 0.142 e. The van der Waals surface area contributed by atoms with Crippen molar-refractivity contribution < 1.29 is 9.47 Å². The number of ether oxygens (including phenoxy) is 2. The highest BCUT2D eigenvalue weighted by atomic mass is 35.5. The summed E-state index contributed by atoms with van der Waals surface area (Å²) in [5.74, 6) is 1.43. The van der Waals surface area contributed by atoms with E-state index in [1.807, 2.05) is 13.8 Å². The molecule has 0 radical (unpaired) electrons. The van der Waals surface area contributed by atoms with Crippen molar-refractivity contribution in [2.24, 2.45) is 0 Å². The second kappa shape index (κ2) is 6.01. The number of anilines is 1. The summed E-state index contributed by atoms with van der Waals surface area (Å²) in [4.78, 5) is 4.38. The Kier molecular flexibility index (Phi) is 4.35. The van der Waals surface area contributed by atoms with Crippen molar-refractivity contribution in [2.45, 2.75) is 20.5 Å². The summed E-state index contributed by atoms with van der Waals surface area (Å²) < 4.78 is 11.1. The topological polar surface area (TPSA) is 57.4 Å². The highest BCUT2D eigenvalue weighted by molar-refractivity contribution is 6.30. The highest BCUT2D eigenvalue weighted by Gasteiger charge is 2.10. The van der Waals surface area contributed by atoms with E-state index in [1.54, 1.807) is 31.5 Å². The lowest BCUT2D eigenvalue weighted by atomic mass is 10.1. The number of rotatable bonds is 4. The maximum atomic E-state index is 5.85. The fourth-order valence-electron chi connectivity index (χ4n) is 2.01. The second-order valence-corrected chi connectivity index (χ2v) is 4.95. The Morgan fingerprint density at radius 1 is 1.30 bits per heavy atom. The molecule has 4 nitrogen and oxygen atoms in total. The first-order valence-corrected chi connectivity index (χ1v) is 6.57. The molecule has 0 aliphatic rings. The van der Waals surface area contributed by atoms with Crippen LogP contribution in [0.15, 0.2) is 24.4 Å². The Balaban J connectivity index is 2.19. The third-order valence-electron chi connectivity index (χ3n) is 3.09. The average molecular weight is 293 g/mol. The van der Waals surface area contributed by atoms with Crippen LogP contribution in [0.3, 0.4) is 0 Å². The van der Waals surface area contributed by atoms with Crippen LogP contribution in [0.5, 0.6) is 11.5 Å². The van der Waals surface area contributed by atoms with Gasteiger partial charge >= 0.3 is 0 Å². The molecule has 0 aliphatic carbocycles. The summed E-state index contributed by atoms with van der Waals surface area (Å²) >= 11 is 5.85. The maximum absolute atomic E-state index is 5.85. The number of nitrogen functional groups attached to an aromatic ring is 1. The quantitative estimate of drug-likeness (QED) is 0.876. The van der Waals surface area contributed by atoms with Gasteiger partial charge in [0.05, 0.1) is 18.5 Å². The number of aryl methyl sites for hydroxylation is 1. The van der Waals surface area contributed by atoms with Gasteiger partial charge in [-0.2, -0.15) is 0 Å². The molecule has 20 heavy (non-hydrogen) atoms. The molecule has 0 saturated carbocycles. The number of hydrogen-bond acceptors (Lipinski definition) is 4. The number of halogens is 1. The van der Waals surface area contributed by atoms with Crippen LogP contribution in [0.25, 0.3) is 0 Å². The van der Waals surface area contributed by atoms with Crippen LogP contribution < -0.4 is 15.2 Å². The molecule has 2 aromatic rings. The van der Waals surface area contributed by atoms with Crippen LogP contribution >= 0.6 is 11.6 Å². The monoisotopic (exact) mass is 292 g/mol. The number of hydrogen-bond donors (Lipinski definition) is 1. The molecular weight excluding hydrogens is 276 g/mol. The molecule has 1 aromatic heterocycles. The van der Waals surface area contributed by atoms with E-state index in [1.165, 1.54) is 0 Å². The number of nitrogens with zero attached hydrogens (tertiary/aromatic N) is 1. The molecule has 0 amide bonds. The summed E-state index contributed by atoms with van der Waals surface area (Å²) in [5.41, 5.74) is 9.15. The molecule has 0 spiro atoms. The van der Waals surface area contributed by atoms with Crippen molar-refractivity contribution >= 4 is 17.3 Å². The minimum absolute atomic E-state index is 0.328. The van der Waals surface area contributed by atoms with Gasteiger partial charge in [-0.3, -0.25) is 4.98 Å². The molecule has 0 unspecified atom stereocenters. The van der Waals surface area contributed by atoms with E-state index in [-0.39, 0.29) is 0 Å². The summed E-state index contributed by atoms with van der Waals surface area (Å²) in [5, 5.41) is 0.584. The minimum atomic E-state index is 0.328. The number of pyridine rings is 1. The molecule has 0 fully saturated rings. The first kappa shape index (κ1) is 14.5. The van der Waals surface area contributed by atoms with E-state index < -0.39 is 0 Å². The molecule has 0 atom stereocenters. The largest absolute Gasteiger partial charge is 0.496 e. The third kappa shape index (κ3) is 2.96. The van der Waals surface area contributed by atoms with Gasteiger partial charge in [0.1, 0.15) is 18.1 Å². The predicted octanol–water partition coefficient (Wildman–Crippen LogP) is 3.52. The highest BCUT2D eigenvalue weighted by Crippen LogP contribution is 2.28. The van der Waals surface area contributed by atoms with Crippen LogP contribution in [0, 0.1) is 13.8 Å². The van der Waals surface area contributed by atoms with E-state index in [0.717, 1.165) is 22.6 Å². The Morgan fingerprint density at radius 3 is 2.70 bits per heavy atom. The summed E-state index contributed by atoms with van der Waals surface area (Å²) in [7, 11) is 1.65. The van der Waals surface area contributed by atoms with E-state index in [9.17, 15) is 0 Å². The van der Waals surface area contributed by atoms with Crippen LogP contribution in [0.2, 0.25) is 5.02 Å². The first-order valence-electron chi connectivity index (χ1n) is 6.19. The van der Waals surface area contributed by atoms with Crippen molar-refractivity contribution in [3.05, 3.63) is 46.2 Å². The fourth-order valence-corrected chi connectivity index (χ4v) is 2.19. The van der Waals surface area contributed by atoms with Gasteiger partial charge < -0.3 is 15.2 Å². The lowest BCUT2D eigenvalue weighted by molar-refractivity contribution is 0.300. The van der Waals surface area contributed by atoms with Crippen LogP contribution in [-0.4, -0.2) is 12.1 Å². The SMILES string of the molecule is COc1c(C)cnc(COc2ccc(Cl)cc2N)c1C. The smallest absolute Gasteiger partial charge is 0.142 e. The Labute approximate surface area is 123 Å². The predicted molar refractivity (Wildman–Crippen MR) is 80.5 cm³/mol. The minimum Gasteiger partial charge on any atom is -0.496 e. The molecule has 2 N–H and O–H groups in total.